The first-order chi connectivity index (χ1) is 9.17. The van der Waals surface area contributed by atoms with Gasteiger partial charge < -0.3 is 19.9 Å². The van der Waals surface area contributed by atoms with E-state index in [0.29, 0.717) is 6.61 Å². The molecule has 0 amide bonds. The molecule has 2 rings (SSSR count). The number of hydrogen-bond donors (Lipinski definition) is 2. The molecule has 1 fully saturated rings. The van der Waals surface area contributed by atoms with Gasteiger partial charge in [-0.3, -0.25) is 0 Å². The van der Waals surface area contributed by atoms with Crippen LogP contribution in [0.2, 0.25) is 0 Å². The average Bonchev–Trinajstić information content (AvgIpc) is 2.85. The molecule has 0 bridgehead atoms. The smallest absolute Gasteiger partial charge is 0.127 e. The Kier molecular flexibility index (Phi) is 4.66. The molecular weight excluding hydrogens is 242 g/mol. The lowest BCUT2D eigenvalue weighted by atomic mass is 10.0. The lowest BCUT2D eigenvalue weighted by molar-refractivity contribution is 0.00106. The van der Waals surface area contributed by atoms with Crippen molar-refractivity contribution in [2.45, 2.75) is 37.8 Å². The summed E-state index contributed by atoms with van der Waals surface area (Å²) >= 11 is 0. The molecule has 4 nitrogen and oxygen atoms in total. The van der Waals surface area contributed by atoms with E-state index in [0.717, 1.165) is 49.3 Å². The van der Waals surface area contributed by atoms with Crippen LogP contribution in [0.4, 0.5) is 0 Å². The van der Waals surface area contributed by atoms with Gasteiger partial charge >= 0.3 is 0 Å². The van der Waals surface area contributed by atoms with E-state index in [-0.39, 0.29) is 0 Å². The van der Waals surface area contributed by atoms with E-state index in [4.69, 9.17) is 9.47 Å². The van der Waals surface area contributed by atoms with E-state index in [9.17, 15) is 5.11 Å². The van der Waals surface area contributed by atoms with Crippen molar-refractivity contribution in [2.24, 2.45) is 0 Å². The van der Waals surface area contributed by atoms with Crippen LogP contribution < -0.4 is 14.8 Å². The lowest BCUT2D eigenvalue weighted by Crippen LogP contribution is -2.32. The third kappa shape index (κ3) is 3.61. The first-order valence-corrected chi connectivity index (χ1v) is 6.83. The Morgan fingerprint density at radius 1 is 1.32 bits per heavy atom. The maximum absolute atomic E-state index is 10.3. The van der Waals surface area contributed by atoms with Gasteiger partial charge in [-0.15, -0.1) is 0 Å². The summed E-state index contributed by atoms with van der Waals surface area (Å²) in [6, 6.07) is 5.79. The molecule has 1 aliphatic rings. The Morgan fingerprint density at radius 2 is 2.05 bits per heavy atom. The zero-order valence-electron chi connectivity index (χ0n) is 11.7. The van der Waals surface area contributed by atoms with Crippen LogP contribution in [0.1, 0.15) is 31.2 Å². The molecule has 2 N–H and O–H groups in total. The van der Waals surface area contributed by atoms with Crippen LogP contribution in [0, 0.1) is 0 Å². The fourth-order valence-electron chi connectivity index (χ4n) is 2.52. The van der Waals surface area contributed by atoms with Gasteiger partial charge in [-0.2, -0.15) is 0 Å². The topological polar surface area (TPSA) is 50.7 Å². The summed E-state index contributed by atoms with van der Waals surface area (Å²) in [5.74, 6) is 1.56. The van der Waals surface area contributed by atoms with Crippen LogP contribution in [0.15, 0.2) is 18.2 Å². The highest BCUT2D eigenvalue weighted by Gasteiger charge is 2.32. The standard InChI is InChI=1S/C15H23NO3/c1-16-10-12-5-6-13(18-2)9-14(12)19-11-15(17)7-3-4-8-15/h5-6,9,16-17H,3-4,7-8,10-11H2,1-2H3. The Hall–Kier alpha value is -1.26. The Labute approximate surface area is 114 Å². The van der Waals surface area contributed by atoms with Crippen LogP contribution in [0.5, 0.6) is 11.5 Å². The molecule has 0 aliphatic heterocycles. The second-order valence-corrected chi connectivity index (χ2v) is 5.22. The van der Waals surface area contributed by atoms with Crippen LogP contribution in [0.3, 0.4) is 0 Å². The summed E-state index contributed by atoms with van der Waals surface area (Å²) in [5, 5.41) is 13.4. The Morgan fingerprint density at radius 3 is 2.68 bits per heavy atom. The molecule has 1 aromatic rings. The maximum atomic E-state index is 10.3. The van der Waals surface area contributed by atoms with Gasteiger partial charge in [0.25, 0.3) is 0 Å². The molecule has 19 heavy (non-hydrogen) atoms. The normalized spacial score (nSPS) is 17.4. The fourth-order valence-corrected chi connectivity index (χ4v) is 2.52. The number of rotatable bonds is 6. The third-order valence-corrected chi connectivity index (χ3v) is 3.67. The minimum Gasteiger partial charge on any atom is -0.497 e. The predicted molar refractivity (Wildman–Crippen MR) is 74.7 cm³/mol. The molecule has 0 radical (unpaired) electrons. The summed E-state index contributed by atoms with van der Waals surface area (Å²) < 4.78 is 11.1. The minimum absolute atomic E-state index is 0.358. The van der Waals surface area contributed by atoms with Gasteiger partial charge in [0.05, 0.1) is 12.7 Å². The molecule has 0 saturated heterocycles. The first kappa shape index (κ1) is 14.2. The van der Waals surface area contributed by atoms with Crippen LogP contribution in [-0.4, -0.2) is 31.5 Å². The number of ether oxygens (including phenoxy) is 2. The third-order valence-electron chi connectivity index (χ3n) is 3.67. The van der Waals surface area contributed by atoms with Crippen molar-refractivity contribution in [1.82, 2.24) is 5.32 Å². The highest BCUT2D eigenvalue weighted by atomic mass is 16.5. The van der Waals surface area contributed by atoms with E-state index in [1.54, 1.807) is 7.11 Å². The highest BCUT2D eigenvalue weighted by Crippen LogP contribution is 2.31. The summed E-state index contributed by atoms with van der Waals surface area (Å²) in [6.07, 6.45) is 3.83. The number of aliphatic hydroxyl groups is 1. The van der Waals surface area contributed by atoms with Gasteiger partial charge in [0.15, 0.2) is 0 Å². The number of benzene rings is 1. The quantitative estimate of drug-likeness (QED) is 0.827. The average molecular weight is 265 g/mol. The van der Waals surface area contributed by atoms with Gasteiger partial charge in [0, 0.05) is 18.2 Å². The maximum Gasteiger partial charge on any atom is 0.127 e. The molecular formula is C15H23NO3. The van der Waals surface area contributed by atoms with Crippen molar-refractivity contribution < 1.29 is 14.6 Å². The van der Waals surface area contributed by atoms with E-state index in [2.05, 4.69) is 5.32 Å². The van der Waals surface area contributed by atoms with Gasteiger partial charge in [0.2, 0.25) is 0 Å². The second kappa shape index (κ2) is 6.26. The summed E-state index contributed by atoms with van der Waals surface area (Å²) in [6.45, 7) is 1.09. The van der Waals surface area contributed by atoms with Crippen molar-refractivity contribution >= 4 is 0 Å². The van der Waals surface area contributed by atoms with Gasteiger partial charge in [-0.25, -0.2) is 0 Å². The lowest BCUT2D eigenvalue weighted by Gasteiger charge is -2.23. The SMILES string of the molecule is CNCc1ccc(OC)cc1OCC1(O)CCCC1. The zero-order chi connectivity index (χ0) is 13.7. The molecule has 0 aromatic heterocycles. The Balaban J connectivity index is 2.08. The fraction of sp³-hybridized carbons (Fsp3) is 0.600. The van der Waals surface area contributed by atoms with E-state index < -0.39 is 5.60 Å². The largest absolute Gasteiger partial charge is 0.497 e. The first-order valence-electron chi connectivity index (χ1n) is 6.83. The van der Waals surface area contributed by atoms with Gasteiger partial charge in [-0.1, -0.05) is 18.9 Å². The van der Waals surface area contributed by atoms with E-state index in [1.165, 1.54) is 0 Å². The van der Waals surface area contributed by atoms with Crippen molar-refractivity contribution in [2.75, 3.05) is 20.8 Å². The molecule has 1 aliphatic carbocycles. The monoisotopic (exact) mass is 265 g/mol. The van der Waals surface area contributed by atoms with E-state index >= 15 is 0 Å². The highest BCUT2D eigenvalue weighted by molar-refractivity contribution is 5.40. The van der Waals surface area contributed by atoms with Crippen molar-refractivity contribution in [3.05, 3.63) is 23.8 Å². The zero-order valence-corrected chi connectivity index (χ0v) is 11.7. The van der Waals surface area contributed by atoms with Crippen LogP contribution in [0.25, 0.3) is 0 Å². The van der Waals surface area contributed by atoms with Gasteiger partial charge in [-0.05, 0) is 26.0 Å². The Bertz CT molecular complexity index is 414. The molecule has 0 heterocycles. The molecule has 106 valence electrons. The number of methoxy groups -OCH3 is 1. The minimum atomic E-state index is -0.653. The molecule has 1 aromatic carbocycles. The molecule has 0 unspecified atom stereocenters. The molecule has 0 atom stereocenters. The molecule has 0 spiro atoms. The second-order valence-electron chi connectivity index (χ2n) is 5.22. The van der Waals surface area contributed by atoms with Crippen LogP contribution in [-0.2, 0) is 6.54 Å². The van der Waals surface area contributed by atoms with Crippen molar-refractivity contribution in [1.29, 1.82) is 0 Å². The summed E-state index contributed by atoms with van der Waals surface area (Å²) in [4.78, 5) is 0. The van der Waals surface area contributed by atoms with Crippen molar-refractivity contribution in [3.63, 3.8) is 0 Å². The van der Waals surface area contributed by atoms with E-state index in [1.807, 2.05) is 25.2 Å². The van der Waals surface area contributed by atoms with Crippen LogP contribution >= 0.6 is 0 Å². The van der Waals surface area contributed by atoms with Crippen molar-refractivity contribution in [3.8, 4) is 11.5 Å². The summed E-state index contributed by atoms with van der Waals surface area (Å²) in [7, 11) is 3.54. The predicted octanol–water partition coefficient (Wildman–Crippen LogP) is 2.10. The molecule has 1 saturated carbocycles. The molecule has 4 heteroatoms. The summed E-state index contributed by atoms with van der Waals surface area (Å²) in [5.41, 5.74) is 0.421. The number of nitrogens with one attached hydrogen (secondary N) is 1. The number of hydrogen-bond acceptors (Lipinski definition) is 4. The van der Waals surface area contributed by atoms with Gasteiger partial charge in [0.1, 0.15) is 18.1 Å².